The van der Waals surface area contributed by atoms with Crippen molar-refractivity contribution in [1.82, 2.24) is 9.21 Å². The van der Waals surface area contributed by atoms with Gasteiger partial charge in [-0.05, 0) is 6.42 Å². The second kappa shape index (κ2) is 6.32. The lowest BCUT2D eigenvalue weighted by molar-refractivity contribution is -0.133. The Kier molecular flexibility index (Phi) is 5.35. The molecule has 1 amide bonds. The maximum Gasteiger partial charge on any atom is 0.224 e. The van der Waals surface area contributed by atoms with Crippen molar-refractivity contribution in [1.29, 1.82) is 0 Å². The number of aliphatic hydroxyl groups excluding tert-OH is 1. The zero-order valence-corrected chi connectivity index (χ0v) is 10.9. The average Bonchev–Trinajstić information content (AvgIpc) is 2.29. The van der Waals surface area contributed by atoms with Gasteiger partial charge in [-0.3, -0.25) is 4.79 Å². The highest BCUT2D eigenvalue weighted by Crippen LogP contribution is 2.09. The van der Waals surface area contributed by atoms with Crippen molar-refractivity contribution in [3.63, 3.8) is 0 Å². The molecule has 17 heavy (non-hydrogen) atoms. The van der Waals surface area contributed by atoms with Gasteiger partial charge in [-0.1, -0.05) is 6.92 Å². The molecule has 0 aromatic rings. The van der Waals surface area contributed by atoms with Crippen LogP contribution in [0.5, 0.6) is 0 Å². The molecule has 1 aliphatic rings. The molecule has 0 bridgehead atoms. The van der Waals surface area contributed by atoms with E-state index in [4.69, 9.17) is 5.11 Å². The van der Waals surface area contributed by atoms with E-state index in [1.165, 1.54) is 4.31 Å². The minimum atomic E-state index is -3.15. The van der Waals surface area contributed by atoms with Crippen molar-refractivity contribution in [2.75, 3.05) is 38.5 Å². The molecule has 1 rings (SSSR count). The lowest BCUT2D eigenvalue weighted by atomic mass is 10.3. The molecule has 6 nitrogen and oxygen atoms in total. The smallest absolute Gasteiger partial charge is 0.224 e. The summed E-state index contributed by atoms with van der Waals surface area (Å²) in [5.41, 5.74) is 0. The van der Waals surface area contributed by atoms with E-state index in [0.717, 1.165) is 0 Å². The Bertz CT molecular complexity index is 347. The molecule has 1 fully saturated rings. The molecule has 0 spiro atoms. The van der Waals surface area contributed by atoms with Crippen molar-refractivity contribution in [3.05, 3.63) is 0 Å². The topological polar surface area (TPSA) is 77.9 Å². The maximum atomic E-state index is 11.8. The summed E-state index contributed by atoms with van der Waals surface area (Å²) < 4.78 is 25.0. The minimum Gasteiger partial charge on any atom is -0.396 e. The van der Waals surface area contributed by atoms with Crippen LogP contribution in [0.1, 0.15) is 19.8 Å². The summed E-state index contributed by atoms with van der Waals surface area (Å²) in [7, 11) is -3.15. The quantitative estimate of drug-likeness (QED) is 0.709. The molecule has 100 valence electrons. The number of aliphatic hydroxyl groups is 1. The molecular formula is C10H20N2O4S. The standard InChI is InChI=1S/C10H20N2O4S/c1-2-9-17(15,16)12-6-4-11(5-7-12)10(14)3-8-13/h13H,2-9H2,1H3. The van der Waals surface area contributed by atoms with Crippen LogP contribution in [0.2, 0.25) is 0 Å². The van der Waals surface area contributed by atoms with E-state index in [0.29, 0.717) is 32.6 Å². The summed E-state index contributed by atoms with van der Waals surface area (Å²) >= 11 is 0. The van der Waals surface area contributed by atoms with Gasteiger partial charge in [-0.15, -0.1) is 0 Å². The van der Waals surface area contributed by atoms with Crippen LogP contribution >= 0.6 is 0 Å². The Morgan fingerprint density at radius 1 is 1.24 bits per heavy atom. The highest BCUT2D eigenvalue weighted by atomic mass is 32.2. The third kappa shape index (κ3) is 3.93. The summed E-state index contributed by atoms with van der Waals surface area (Å²) in [6.45, 7) is 3.23. The van der Waals surface area contributed by atoms with Crippen LogP contribution in [-0.4, -0.2) is 67.2 Å². The number of carbonyl (C=O) groups is 1. The average molecular weight is 264 g/mol. The fourth-order valence-electron chi connectivity index (χ4n) is 1.86. The fourth-order valence-corrected chi connectivity index (χ4v) is 3.35. The van der Waals surface area contributed by atoms with Gasteiger partial charge >= 0.3 is 0 Å². The maximum absolute atomic E-state index is 11.8. The number of sulfonamides is 1. The lowest BCUT2D eigenvalue weighted by Gasteiger charge is -2.33. The minimum absolute atomic E-state index is 0.111. The number of amides is 1. The van der Waals surface area contributed by atoms with Crippen molar-refractivity contribution < 1.29 is 18.3 Å². The molecule has 0 aliphatic carbocycles. The number of nitrogens with zero attached hydrogens (tertiary/aromatic N) is 2. The summed E-state index contributed by atoms with van der Waals surface area (Å²) in [6.07, 6.45) is 0.716. The molecule has 0 atom stereocenters. The van der Waals surface area contributed by atoms with Crippen LogP contribution in [0, 0.1) is 0 Å². The Balaban J connectivity index is 2.48. The lowest BCUT2D eigenvalue weighted by Crippen LogP contribution is -2.51. The number of carbonyl (C=O) groups excluding carboxylic acids is 1. The van der Waals surface area contributed by atoms with E-state index in [1.54, 1.807) is 4.90 Å². The van der Waals surface area contributed by atoms with Crippen molar-refractivity contribution in [3.8, 4) is 0 Å². The predicted octanol–water partition coefficient (Wildman–Crippen LogP) is -0.747. The first-order valence-electron chi connectivity index (χ1n) is 5.87. The highest BCUT2D eigenvalue weighted by Gasteiger charge is 2.27. The van der Waals surface area contributed by atoms with Gasteiger partial charge < -0.3 is 10.0 Å². The van der Waals surface area contributed by atoms with Crippen molar-refractivity contribution in [2.24, 2.45) is 0 Å². The second-order valence-electron chi connectivity index (χ2n) is 4.07. The van der Waals surface area contributed by atoms with Crippen LogP contribution in [0.15, 0.2) is 0 Å². The molecule has 0 radical (unpaired) electrons. The van der Waals surface area contributed by atoms with Gasteiger partial charge in [0.05, 0.1) is 12.4 Å². The monoisotopic (exact) mass is 264 g/mol. The fraction of sp³-hybridized carbons (Fsp3) is 0.900. The third-order valence-electron chi connectivity index (χ3n) is 2.77. The van der Waals surface area contributed by atoms with Gasteiger partial charge in [-0.2, -0.15) is 4.31 Å². The summed E-state index contributed by atoms with van der Waals surface area (Å²) in [5.74, 6) is 0.0532. The highest BCUT2D eigenvalue weighted by molar-refractivity contribution is 7.89. The first kappa shape index (κ1) is 14.4. The van der Waals surface area contributed by atoms with E-state index in [9.17, 15) is 13.2 Å². The molecule has 0 aromatic heterocycles. The van der Waals surface area contributed by atoms with E-state index in [-0.39, 0.29) is 24.7 Å². The Morgan fingerprint density at radius 3 is 2.29 bits per heavy atom. The largest absolute Gasteiger partial charge is 0.396 e. The molecule has 1 aliphatic heterocycles. The van der Waals surface area contributed by atoms with E-state index in [2.05, 4.69) is 0 Å². The van der Waals surface area contributed by atoms with Crippen LogP contribution in [0.4, 0.5) is 0 Å². The molecule has 0 saturated carbocycles. The Labute approximate surface area is 102 Å². The van der Waals surface area contributed by atoms with Crippen molar-refractivity contribution >= 4 is 15.9 Å². The molecule has 7 heteroatoms. The molecule has 0 aromatic carbocycles. The van der Waals surface area contributed by atoms with Gasteiger partial charge in [0, 0.05) is 32.6 Å². The van der Waals surface area contributed by atoms with E-state index < -0.39 is 10.0 Å². The van der Waals surface area contributed by atoms with Crippen LogP contribution < -0.4 is 0 Å². The van der Waals surface area contributed by atoms with E-state index in [1.807, 2.05) is 6.92 Å². The van der Waals surface area contributed by atoms with E-state index >= 15 is 0 Å². The second-order valence-corrected chi connectivity index (χ2v) is 6.16. The summed E-state index contributed by atoms with van der Waals surface area (Å²) in [4.78, 5) is 13.1. The number of piperazine rings is 1. The first-order chi connectivity index (χ1) is 8.01. The SMILES string of the molecule is CCCS(=O)(=O)N1CCN(C(=O)CCO)CC1. The van der Waals surface area contributed by atoms with Gasteiger partial charge in [0.15, 0.2) is 0 Å². The first-order valence-corrected chi connectivity index (χ1v) is 7.48. The molecule has 0 unspecified atom stereocenters. The number of hydrogen-bond donors (Lipinski definition) is 1. The zero-order valence-electron chi connectivity index (χ0n) is 10.1. The normalized spacial score (nSPS) is 18.4. The Morgan fingerprint density at radius 2 is 1.82 bits per heavy atom. The van der Waals surface area contributed by atoms with Gasteiger partial charge in [0.2, 0.25) is 15.9 Å². The van der Waals surface area contributed by atoms with Crippen molar-refractivity contribution in [2.45, 2.75) is 19.8 Å². The third-order valence-corrected chi connectivity index (χ3v) is 4.85. The van der Waals surface area contributed by atoms with Gasteiger partial charge in [0.1, 0.15) is 0 Å². The molecule has 1 saturated heterocycles. The van der Waals surface area contributed by atoms with Crippen LogP contribution in [0.25, 0.3) is 0 Å². The van der Waals surface area contributed by atoms with Crippen LogP contribution in [-0.2, 0) is 14.8 Å². The van der Waals surface area contributed by atoms with Crippen LogP contribution in [0.3, 0.4) is 0 Å². The van der Waals surface area contributed by atoms with Gasteiger partial charge in [0.25, 0.3) is 0 Å². The summed E-state index contributed by atoms with van der Waals surface area (Å²) in [6, 6.07) is 0. The number of hydrogen-bond acceptors (Lipinski definition) is 4. The predicted molar refractivity (Wildman–Crippen MR) is 63.9 cm³/mol. The number of rotatable bonds is 5. The molecule has 1 heterocycles. The molecular weight excluding hydrogens is 244 g/mol. The molecule has 1 N–H and O–H groups in total. The zero-order chi connectivity index (χ0) is 12.9. The Hall–Kier alpha value is -0.660. The summed E-state index contributed by atoms with van der Waals surface area (Å²) in [5, 5.41) is 8.66. The van der Waals surface area contributed by atoms with Gasteiger partial charge in [-0.25, -0.2) is 8.42 Å².